The molecule has 3 aromatic carbocycles. The van der Waals surface area contributed by atoms with Crippen LogP contribution >= 0.6 is 0 Å². The topological polar surface area (TPSA) is 137 Å². The van der Waals surface area contributed by atoms with Crippen LogP contribution in [-0.4, -0.2) is 57.9 Å². The first-order valence-electron chi connectivity index (χ1n) is 13.3. The van der Waals surface area contributed by atoms with Crippen LogP contribution in [0.15, 0.2) is 59.7 Å². The number of hydrazone groups is 1. The Kier molecular flexibility index (Phi) is 11.7. The second-order valence-electron chi connectivity index (χ2n) is 9.25. The fourth-order valence-corrected chi connectivity index (χ4v) is 4.03. The van der Waals surface area contributed by atoms with Crippen LogP contribution in [0.1, 0.15) is 29.2 Å². The minimum absolute atomic E-state index is 0.211. The minimum Gasteiger partial charge on any atom is -0.493 e. The Bertz CT molecular complexity index is 1420. The van der Waals surface area contributed by atoms with Gasteiger partial charge in [-0.3, -0.25) is 14.4 Å². The predicted octanol–water partition coefficient (Wildman–Crippen LogP) is 3.55. The van der Waals surface area contributed by atoms with Crippen molar-refractivity contribution in [1.29, 1.82) is 0 Å². The molecule has 3 aromatic rings. The lowest BCUT2D eigenvalue weighted by Crippen LogP contribution is -2.38. The summed E-state index contributed by atoms with van der Waals surface area (Å²) in [7, 11) is 3.10. The summed E-state index contributed by atoms with van der Waals surface area (Å²) in [5.41, 5.74) is 6.49. The van der Waals surface area contributed by atoms with E-state index in [-0.39, 0.29) is 19.1 Å². The molecule has 0 aliphatic carbocycles. The lowest BCUT2D eigenvalue weighted by atomic mass is 10.1. The molecule has 11 heteroatoms. The van der Waals surface area contributed by atoms with E-state index in [9.17, 15) is 14.4 Å². The smallest absolute Gasteiger partial charge is 0.329 e. The molecule has 0 spiro atoms. The highest BCUT2D eigenvalue weighted by Crippen LogP contribution is 2.29. The third kappa shape index (κ3) is 9.54. The molecule has 0 unspecified atom stereocenters. The molecule has 0 aliphatic heterocycles. The second-order valence-corrected chi connectivity index (χ2v) is 9.25. The fraction of sp³-hybridized carbons (Fsp3) is 0.290. The molecular weight excluding hydrogens is 540 g/mol. The molecule has 0 heterocycles. The van der Waals surface area contributed by atoms with Crippen molar-refractivity contribution in [2.75, 3.05) is 39.3 Å². The van der Waals surface area contributed by atoms with Gasteiger partial charge in [-0.1, -0.05) is 12.1 Å². The average molecular weight is 577 g/mol. The Labute approximate surface area is 245 Å². The van der Waals surface area contributed by atoms with Crippen molar-refractivity contribution in [2.45, 2.75) is 27.2 Å². The van der Waals surface area contributed by atoms with E-state index in [0.29, 0.717) is 47.3 Å². The zero-order chi connectivity index (χ0) is 30.5. The van der Waals surface area contributed by atoms with Crippen LogP contribution in [-0.2, 0) is 20.8 Å². The fourth-order valence-electron chi connectivity index (χ4n) is 4.03. The van der Waals surface area contributed by atoms with Crippen LogP contribution in [0.5, 0.6) is 23.0 Å². The number of nitrogens with one attached hydrogen (secondary N) is 3. The number of carbonyl (C=O) groups is 3. The van der Waals surface area contributed by atoms with E-state index in [2.05, 4.69) is 21.2 Å². The zero-order valence-electron chi connectivity index (χ0n) is 24.4. The monoisotopic (exact) mass is 576 g/mol. The van der Waals surface area contributed by atoms with Crippen molar-refractivity contribution < 1.29 is 33.3 Å². The Morgan fingerprint density at radius 2 is 1.52 bits per heavy atom. The van der Waals surface area contributed by atoms with Crippen molar-refractivity contribution in [2.24, 2.45) is 5.10 Å². The molecule has 3 amide bonds. The molecule has 3 rings (SSSR count). The van der Waals surface area contributed by atoms with Crippen LogP contribution in [0.25, 0.3) is 0 Å². The van der Waals surface area contributed by atoms with Crippen molar-refractivity contribution in [3.8, 4) is 23.0 Å². The summed E-state index contributed by atoms with van der Waals surface area (Å²) in [5, 5.41) is 9.24. The quantitative estimate of drug-likeness (QED) is 0.161. The van der Waals surface area contributed by atoms with Crippen LogP contribution in [0.4, 0.5) is 5.69 Å². The summed E-state index contributed by atoms with van der Waals surface area (Å²) >= 11 is 0. The van der Waals surface area contributed by atoms with E-state index < -0.39 is 11.8 Å². The van der Waals surface area contributed by atoms with Gasteiger partial charge in [0.2, 0.25) is 0 Å². The van der Waals surface area contributed by atoms with E-state index >= 15 is 0 Å². The average Bonchev–Trinajstić information content (AvgIpc) is 2.96. The standard InChI is InChI=1S/C31H36N4O7/c1-6-41-28-17-23(8-10-26(28)42-19-29(36)34-24-14-20(2)13-21(3)15-24)18-33-35-31(38)30(37)32-12-11-22-7-9-25(39-4)27(16-22)40-5/h7-10,13-18H,6,11-12,19H2,1-5H3,(H,32,37)(H,34,36)(H,35,38)/b33-18-. The van der Waals surface area contributed by atoms with Gasteiger partial charge in [-0.2, -0.15) is 5.10 Å². The van der Waals surface area contributed by atoms with Gasteiger partial charge < -0.3 is 29.6 Å². The van der Waals surface area contributed by atoms with Gasteiger partial charge in [0.05, 0.1) is 27.0 Å². The molecule has 0 atom stereocenters. The summed E-state index contributed by atoms with van der Waals surface area (Å²) in [6.45, 7) is 6.14. The number of anilines is 1. The zero-order valence-corrected chi connectivity index (χ0v) is 24.4. The van der Waals surface area contributed by atoms with Gasteiger partial charge >= 0.3 is 11.8 Å². The molecule has 0 aromatic heterocycles. The Morgan fingerprint density at radius 3 is 2.21 bits per heavy atom. The van der Waals surface area contributed by atoms with E-state index in [0.717, 1.165) is 16.7 Å². The summed E-state index contributed by atoms with van der Waals surface area (Å²) < 4.78 is 21.8. The van der Waals surface area contributed by atoms with Crippen LogP contribution in [0.3, 0.4) is 0 Å². The molecular formula is C31H36N4O7. The molecule has 0 radical (unpaired) electrons. The molecule has 222 valence electrons. The lowest BCUT2D eigenvalue weighted by Gasteiger charge is -2.13. The van der Waals surface area contributed by atoms with E-state index in [1.54, 1.807) is 38.5 Å². The number of amides is 3. The summed E-state index contributed by atoms with van der Waals surface area (Å²) in [5.74, 6) is -0.0578. The first-order valence-corrected chi connectivity index (χ1v) is 13.3. The number of ether oxygens (including phenoxy) is 4. The third-order valence-electron chi connectivity index (χ3n) is 5.86. The van der Waals surface area contributed by atoms with Crippen molar-refractivity contribution in [3.63, 3.8) is 0 Å². The minimum atomic E-state index is -0.904. The third-order valence-corrected chi connectivity index (χ3v) is 5.86. The Balaban J connectivity index is 1.49. The van der Waals surface area contributed by atoms with Gasteiger partial charge in [0.1, 0.15) is 0 Å². The maximum Gasteiger partial charge on any atom is 0.329 e. The number of nitrogens with zero attached hydrogens (tertiary/aromatic N) is 1. The molecule has 11 nitrogen and oxygen atoms in total. The SMILES string of the molecule is CCOc1cc(/C=N\NC(=O)C(=O)NCCc2ccc(OC)c(OC)c2)ccc1OCC(=O)Nc1cc(C)cc(C)c1. The number of hydrogen-bond acceptors (Lipinski definition) is 8. The Morgan fingerprint density at radius 1 is 0.810 bits per heavy atom. The summed E-state index contributed by atoms with van der Waals surface area (Å²) in [6.07, 6.45) is 1.86. The number of aryl methyl sites for hydroxylation is 2. The number of hydrogen-bond donors (Lipinski definition) is 3. The van der Waals surface area contributed by atoms with Gasteiger partial charge in [-0.15, -0.1) is 0 Å². The van der Waals surface area contributed by atoms with Gasteiger partial charge in [0.15, 0.2) is 29.6 Å². The molecule has 3 N–H and O–H groups in total. The highest BCUT2D eigenvalue weighted by Gasteiger charge is 2.13. The van der Waals surface area contributed by atoms with Crippen molar-refractivity contribution in [3.05, 3.63) is 76.9 Å². The van der Waals surface area contributed by atoms with Crippen molar-refractivity contribution in [1.82, 2.24) is 10.7 Å². The van der Waals surface area contributed by atoms with Gasteiger partial charge in [0, 0.05) is 12.2 Å². The molecule has 0 bridgehead atoms. The maximum atomic E-state index is 12.4. The highest BCUT2D eigenvalue weighted by atomic mass is 16.5. The van der Waals surface area contributed by atoms with Crippen LogP contribution in [0, 0.1) is 13.8 Å². The number of benzene rings is 3. The van der Waals surface area contributed by atoms with Crippen LogP contribution < -0.4 is 35.0 Å². The van der Waals surface area contributed by atoms with E-state index in [4.69, 9.17) is 18.9 Å². The summed E-state index contributed by atoms with van der Waals surface area (Å²) in [4.78, 5) is 36.7. The number of carbonyl (C=O) groups excluding carboxylic acids is 3. The molecule has 0 aliphatic rings. The molecule has 0 saturated carbocycles. The van der Waals surface area contributed by atoms with Crippen molar-refractivity contribution >= 4 is 29.6 Å². The number of methoxy groups -OCH3 is 2. The Hall–Kier alpha value is -5.06. The first-order chi connectivity index (χ1) is 20.2. The van der Waals surface area contributed by atoms with Gasteiger partial charge in [-0.25, -0.2) is 5.43 Å². The highest BCUT2D eigenvalue weighted by molar-refractivity contribution is 6.35. The largest absolute Gasteiger partial charge is 0.493 e. The van der Waals surface area contributed by atoms with Crippen LogP contribution in [0.2, 0.25) is 0 Å². The predicted molar refractivity (Wildman–Crippen MR) is 160 cm³/mol. The van der Waals surface area contributed by atoms with E-state index in [1.165, 1.54) is 6.21 Å². The van der Waals surface area contributed by atoms with E-state index in [1.807, 2.05) is 51.1 Å². The normalized spacial score (nSPS) is 10.6. The molecule has 0 fully saturated rings. The number of rotatable bonds is 13. The molecule has 42 heavy (non-hydrogen) atoms. The maximum absolute atomic E-state index is 12.4. The van der Waals surface area contributed by atoms with Gasteiger partial charge in [0.25, 0.3) is 5.91 Å². The molecule has 0 saturated heterocycles. The lowest BCUT2D eigenvalue weighted by molar-refractivity contribution is -0.139. The summed E-state index contributed by atoms with van der Waals surface area (Å²) in [6, 6.07) is 16.2. The second kappa shape index (κ2) is 15.7. The first kappa shape index (κ1) is 31.5. The van der Waals surface area contributed by atoms with Gasteiger partial charge in [-0.05, 0) is 91.9 Å².